The lowest BCUT2D eigenvalue weighted by atomic mass is 10.1. The van der Waals surface area contributed by atoms with Crippen molar-refractivity contribution < 1.29 is 14.7 Å². The van der Waals surface area contributed by atoms with Crippen molar-refractivity contribution in [3.63, 3.8) is 0 Å². The second-order valence-electron chi connectivity index (χ2n) is 5.50. The number of carbonyl (C=O) groups excluding carboxylic acids is 2. The molecule has 0 aromatic heterocycles. The third kappa shape index (κ3) is 5.15. The molecule has 136 valence electrons. The minimum Gasteiger partial charge on any atom is -0.507 e. The van der Waals surface area contributed by atoms with Crippen molar-refractivity contribution >= 4 is 40.7 Å². The lowest BCUT2D eigenvalue weighted by Gasteiger charge is -2.13. The summed E-state index contributed by atoms with van der Waals surface area (Å²) in [5.74, 6) is -1.03. The highest BCUT2D eigenvalue weighted by molar-refractivity contribution is 6.36. The normalized spacial score (nSPS) is 10.1. The minimum absolute atomic E-state index is 0.0982. The van der Waals surface area contributed by atoms with Gasteiger partial charge in [-0.25, -0.2) is 0 Å². The van der Waals surface area contributed by atoms with E-state index in [-0.39, 0.29) is 29.3 Å². The molecule has 0 fully saturated rings. The average molecular weight is 394 g/mol. The zero-order valence-electron chi connectivity index (χ0n) is 13.9. The Balaban J connectivity index is 1.87. The largest absolute Gasteiger partial charge is 0.507 e. The molecular weight excluding hydrogens is 377 g/mol. The number of nitrogens with one attached hydrogen (secondary N) is 3. The van der Waals surface area contributed by atoms with Crippen LogP contribution in [0.4, 0.5) is 5.69 Å². The number of para-hydroxylation sites is 1. The van der Waals surface area contributed by atoms with E-state index in [1.54, 1.807) is 31.2 Å². The van der Waals surface area contributed by atoms with Crippen molar-refractivity contribution in [1.82, 2.24) is 10.9 Å². The molecule has 0 bridgehead atoms. The third-order valence-electron chi connectivity index (χ3n) is 3.41. The highest BCUT2D eigenvalue weighted by Crippen LogP contribution is 2.25. The maximum absolute atomic E-state index is 12.1. The molecule has 0 heterocycles. The predicted molar refractivity (Wildman–Crippen MR) is 102 cm³/mol. The van der Waals surface area contributed by atoms with Crippen molar-refractivity contribution in [3.8, 4) is 5.75 Å². The van der Waals surface area contributed by atoms with Crippen LogP contribution in [0.2, 0.25) is 10.0 Å². The van der Waals surface area contributed by atoms with Crippen LogP contribution in [0.5, 0.6) is 5.75 Å². The SMILES string of the molecule is C=C(CC(=O)Nc1ccc(Cl)cc1Cl)NNC(=O)c1cccc(C)c1O. The summed E-state index contributed by atoms with van der Waals surface area (Å²) < 4.78 is 0. The molecule has 4 N–H and O–H groups in total. The molecular formula is C18H17Cl2N3O3. The standard InChI is InChI=1S/C18H17Cl2N3O3/c1-10-4-3-5-13(17(10)25)18(26)23-22-11(2)8-16(24)21-15-7-6-12(19)9-14(15)20/h3-7,9,22,25H,2,8H2,1H3,(H,21,24)(H,23,26). The van der Waals surface area contributed by atoms with E-state index in [9.17, 15) is 14.7 Å². The first kappa shape index (κ1) is 19.6. The van der Waals surface area contributed by atoms with Gasteiger partial charge in [0.2, 0.25) is 5.91 Å². The van der Waals surface area contributed by atoms with Gasteiger partial charge in [0, 0.05) is 10.7 Å². The zero-order valence-corrected chi connectivity index (χ0v) is 15.4. The molecule has 26 heavy (non-hydrogen) atoms. The van der Waals surface area contributed by atoms with E-state index in [4.69, 9.17) is 23.2 Å². The maximum atomic E-state index is 12.1. The van der Waals surface area contributed by atoms with Crippen molar-refractivity contribution in [2.75, 3.05) is 5.32 Å². The van der Waals surface area contributed by atoms with Gasteiger partial charge in [-0.2, -0.15) is 0 Å². The second-order valence-corrected chi connectivity index (χ2v) is 6.35. The van der Waals surface area contributed by atoms with E-state index in [0.717, 1.165) is 0 Å². The minimum atomic E-state index is -0.548. The summed E-state index contributed by atoms with van der Waals surface area (Å²) in [5.41, 5.74) is 6.30. The molecule has 2 amide bonds. The molecule has 0 atom stereocenters. The third-order valence-corrected chi connectivity index (χ3v) is 3.96. The van der Waals surface area contributed by atoms with Crippen LogP contribution in [0.25, 0.3) is 0 Å². The number of hydrazine groups is 1. The highest BCUT2D eigenvalue weighted by Gasteiger charge is 2.13. The summed E-state index contributed by atoms with van der Waals surface area (Å²) in [7, 11) is 0. The number of benzene rings is 2. The molecule has 2 rings (SSSR count). The molecule has 0 aliphatic carbocycles. The van der Waals surface area contributed by atoms with E-state index < -0.39 is 5.91 Å². The van der Waals surface area contributed by atoms with Crippen LogP contribution in [-0.4, -0.2) is 16.9 Å². The number of phenols is 1. The van der Waals surface area contributed by atoms with Crippen LogP contribution in [0, 0.1) is 6.92 Å². The summed E-state index contributed by atoms with van der Waals surface area (Å²) in [6.45, 7) is 5.36. The molecule has 2 aromatic rings. The van der Waals surface area contributed by atoms with Gasteiger partial charge in [0.05, 0.1) is 22.7 Å². The summed E-state index contributed by atoms with van der Waals surface area (Å²) in [6, 6.07) is 9.52. The van der Waals surface area contributed by atoms with Gasteiger partial charge in [-0.05, 0) is 36.8 Å². The molecule has 6 nitrogen and oxygen atoms in total. The lowest BCUT2D eigenvalue weighted by molar-refractivity contribution is -0.115. The highest BCUT2D eigenvalue weighted by atomic mass is 35.5. The fraction of sp³-hybridized carbons (Fsp3) is 0.111. The van der Waals surface area contributed by atoms with Crippen molar-refractivity contribution in [1.29, 1.82) is 0 Å². The Kier molecular flexibility index (Phi) is 6.49. The fourth-order valence-corrected chi connectivity index (χ4v) is 2.53. The van der Waals surface area contributed by atoms with Crippen LogP contribution >= 0.6 is 23.2 Å². The van der Waals surface area contributed by atoms with Crippen molar-refractivity contribution in [2.24, 2.45) is 0 Å². The van der Waals surface area contributed by atoms with Gasteiger partial charge in [0.15, 0.2) is 0 Å². The first-order valence-corrected chi connectivity index (χ1v) is 8.31. The maximum Gasteiger partial charge on any atom is 0.273 e. The zero-order chi connectivity index (χ0) is 19.3. The molecule has 0 spiro atoms. The number of aromatic hydroxyl groups is 1. The number of halogens is 2. The van der Waals surface area contributed by atoms with Gasteiger partial charge in [-0.1, -0.05) is 41.9 Å². The van der Waals surface area contributed by atoms with Crippen LogP contribution in [0.3, 0.4) is 0 Å². The number of hydrogen-bond donors (Lipinski definition) is 4. The van der Waals surface area contributed by atoms with Gasteiger partial charge in [0.1, 0.15) is 5.75 Å². The summed E-state index contributed by atoms with van der Waals surface area (Å²) in [5, 5.41) is 13.3. The van der Waals surface area contributed by atoms with Crippen LogP contribution in [0.15, 0.2) is 48.7 Å². The Morgan fingerprint density at radius 1 is 1.15 bits per heavy atom. The first-order chi connectivity index (χ1) is 12.3. The van der Waals surface area contributed by atoms with E-state index >= 15 is 0 Å². The predicted octanol–water partition coefficient (Wildman–Crippen LogP) is 3.78. The molecule has 0 aliphatic heterocycles. The van der Waals surface area contributed by atoms with Gasteiger partial charge in [-0.15, -0.1) is 0 Å². The molecule has 0 saturated heterocycles. The van der Waals surface area contributed by atoms with Gasteiger partial charge >= 0.3 is 0 Å². The van der Waals surface area contributed by atoms with Crippen molar-refractivity contribution in [3.05, 3.63) is 69.8 Å². The second kappa shape index (κ2) is 8.60. The van der Waals surface area contributed by atoms with E-state index in [1.807, 2.05) is 0 Å². The van der Waals surface area contributed by atoms with Gasteiger partial charge in [-0.3, -0.25) is 15.0 Å². The number of aryl methyl sites for hydroxylation is 1. The van der Waals surface area contributed by atoms with Gasteiger partial charge < -0.3 is 15.8 Å². The fourth-order valence-electron chi connectivity index (χ4n) is 2.08. The van der Waals surface area contributed by atoms with Gasteiger partial charge in [0.25, 0.3) is 5.91 Å². The number of amides is 2. The molecule has 0 unspecified atom stereocenters. The average Bonchev–Trinajstić information content (AvgIpc) is 2.57. The van der Waals surface area contributed by atoms with Crippen LogP contribution < -0.4 is 16.2 Å². The first-order valence-electron chi connectivity index (χ1n) is 7.55. The number of anilines is 1. The molecule has 0 radical (unpaired) electrons. The van der Waals surface area contributed by atoms with E-state index in [0.29, 0.717) is 21.3 Å². The van der Waals surface area contributed by atoms with E-state index in [1.165, 1.54) is 12.1 Å². The Morgan fingerprint density at radius 2 is 1.88 bits per heavy atom. The monoisotopic (exact) mass is 393 g/mol. The molecule has 8 heteroatoms. The summed E-state index contributed by atoms with van der Waals surface area (Å²) in [6.07, 6.45) is -0.0982. The van der Waals surface area contributed by atoms with Crippen LogP contribution in [0.1, 0.15) is 22.3 Å². The Morgan fingerprint density at radius 3 is 2.58 bits per heavy atom. The topological polar surface area (TPSA) is 90.5 Å². The summed E-state index contributed by atoms with van der Waals surface area (Å²) >= 11 is 11.8. The molecule has 0 aliphatic rings. The van der Waals surface area contributed by atoms with E-state index in [2.05, 4.69) is 22.7 Å². The smallest absolute Gasteiger partial charge is 0.273 e. The Hall–Kier alpha value is -2.70. The summed E-state index contributed by atoms with van der Waals surface area (Å²) in [4.78, 5) is 24.1. The number of rotatable bonds is 6. The van der Waals surface area contributed by atoms with Crippen LogP contribution in [-0.2, 0) is 4.79 Å². The Labute approximate surface area is 160 Å². The molecule has 2 aromatic carbocycles. The number of hydrogen-bond acceptors (Lipinski definition) is 4. The molecule has 0 saturated carbocycles. The number of carbonyl (C=O) groups is 2. The van der Waals surface area contributed by atoms with Crippen molar-refractivity contribution in [2.45, 2.75) is 13.3 Å². The quantitative estimate of drug-likeness (QED) is 0.562. The lowest BCUT2D eigenvalue weighted by Crippen LogP contribution is -2.37. The number of phenolic OH excluding ortho intramolecular Hbond substituents is 1. The Bertz CT molecular complexity index is 869.